The highest BCUT2D eigenvalue weighted by atomic mass is 32.1. The van der Waals surface area contributed by atoms with E-state index < -0.39 is 0 Å². The molecule has 142 valence electrons. The first kappa shape index (κ1) is 19.1. The average Bonchev–Trinajstić information content (AvgIpc) is 2.59. The normalized spacial score (nSPS) is 23.7. The maximum atomic E-state index is 12.8. The molecule has 1 N–H and O–H groups in total. The van der Waals surface area contributed by atoms with Crippen molar-refractivity contribution in [3.05, 3.63) is 35.9 Å². The van der Waals surface area contributed by atoms with E-state index in [0.29, 0.717) is 11.7 Å². The predicted molar refractivity (Wildman–Crippen MR) is 109 cm³/mol. The van der Waals surface area contributed by atoms with E-state index in [0.717, 1.165) is 39.1 Å². The molecular weight excluding hydrogens is 344 g/mol. The van der Waals surface area contributed by atoms with E-state index in [-0.39, 0.29) is 17.5 Å². The molecule has 0 aliphatic carbocycles. The van der Waals surface area contributed by atoms with E-state index >= 15 is 0 Å². The number of hydrogen-bond donors (Lipinski definition) is 1. The summed E-state index contributed by atoms with van der Waals surface area (Å²) in [6.07, 6.45) is 0.977. The summed E-state index contributed by atoms with van der Waals surface area (Å²) >= 11 is 5.50. The molecule has 0 spiro atoms. The molecule has 6 heteroatoms. The highest BCUT2D eigenvalue weighted by Crippen LogP contribution is 2.22. The number of rotatable bonds is 4. The summed E-state index contributed by atoms with van der Waals surface area (Å²) in [6.45, 7) is 11.2. The molecule has 0 aromatic heterocycles. The first-order chi connectivity index (χ1) is 12.3. The molecule has 2 fully saturated rings. The number of nitrogens with one attached hydrogen (secondary N) is 1. The van der Waals surface area contributed by atoms with Gasteiger partial charge in [0.1, 0.15) is 0 Å². The third-order valence-corrected chi connectivity index (χ3v) is 5.66. The van der Waals surface area contributed by atoms with E-state index in [9.17, 15) is 4.79 Å². The minimum atomic E-state index is -0.000881. The van der Waals surface area contributed by atoms with Crippen LogP contribution in [0.25, 0.3) is 0 Å². The van der Waals surface area contributed by atoms with Gasteiger partial charge in [-0.15, -0.1) is 0 Å². The summed E-state index contributed by atoms with van der Waals surface area (Å²) in [5.41, 5.74) is 1.33. The van der Waals surface area contributed by atoms with E-state index in [1.165, 1.54) is 5.56 Å². The Labute approximate surface area is 162 Å². The van der Waals surface area contributed by atoms with Crippen molar-refractivity contribution >= 4 is 23.2 Å². The van der Waals surface area contributed by atoms with Crippen LogP contribution in [-0.4, -0.2) is 70.0 Å². The van der Waals surface area contributed by atoms with Crippen LogP contribution in [-0.2, 0) is 11.3 Å². The number of hydrogen-bond acceptors (Lipinski definition) is 3. The van der Waals surface area contributed by atoms with Crippen LogP contribution in [0.3, 0.4) is 0 Å². The summed E-state index contributed by atoms with van der Waals surface area (Å²) in [5.74, 6) is 0.181. The van der Waals surface area contributed by atoms with Crippen molar-refractivity contribution in [3.63, 3.8) is 0 Å². The summed E-state index contributed by atoms with van der Waals surface area (Å²) in [6, 6.07) is 10.8. The van der Waals surface area contributed by atoms with Gasteiger partial charge in [0, 0.05) is 44.3 Å². The molecule has 26 heavy (non-hydrogen) atoms. The zero-order valence-electron chi connectivity index (χ0n) is 16.1. The second kappa shape index (κ2) is 7.92. The molecule has 0 bridgehead atoms. The van der Waals surface area contributed by atoms with Crippen LogP contribution in [0.15, 0.2) is 30.3 Å². The van der Waals surface area contributed by atoms with Crippen LogP contribution in [0.5, 0.6) is 0 Å². The number of nitrogens with zero attached hydrogens (tertiary/aromatic N) is 3. The fraction of sp³-hybridized carbons (Fsp3) is 0.600. The second-order valence-corrected chi connectivity index (χ2v) is 8.52. The van der Waals surface area contributed by atoms with Gasteiger partial charge in [0.15, 0.2) is 5.11 Å². The number of piperazine rings is 1. The lowest BCUT2D eigenvalue weighted by molar-refractivity contribution is -0.134. The Kier molecular flexibility index (Phi) is 5.82. The van der Waals surface area contributed by atoms with Crippen molar-refractivity contribution in [2.24, 2.45) is 0 Å². The van der Waals surface area contributed by atoms with Gasteiger partial charge in [-0.1, -0.05) is 30.3 Å². The molecular formula is C20H30N4OS. The molecule has 2 aliphatic heterocycles. The van der Waals surface area contributed by atoms with Crippen molar-refractivity contribution in [2.75, 3.05) is 32.7 Å². The van der Waals surface area contributed by atoms with Crippen molar-refractivity contribution in [3.8, 4) is 0 Å². The fourth-order valence-electron chi connectivity index (χ4n) is 3.93. The van der Waals surface area contributed by atoms with Gasteiger partial charge >= 0.3 is 0 Å². The van der Waals surface area contributed by atoms with Crippen molar-refractivity contribution < 1.29 is 4.79 Å². The zero-order valence-corrected chi connectivity index (χ0v) is 16.9. The Morgan fingerprint density at radius 2 is 1.85 bits per heavy atom. The lowest BCUT2D eigenvalue weighted by Crippen LogP contribution is -2.62. The van der Waals surface area contributed by atoms with E-state index in [4.69, 9.17) is 12.2 Å². The summed E-state index contributed by atoms with van der Waals surface area (Å²) in [7, 11) is 0. The standard InChI is InChI=1S/C20H30N4OS/c1-16-13-20(2,3)21-19(26)24(16)15-18(25)23-11-9-22(10-12-23)14-17-7-5-4-6-8-17/h4-8,16H,9-15H2,1-3H3,(H,21,26)/t16-/m1/s1. The van der Waals surface area contributed by atoms with Crippen molar-refractivity contribution in [2.45, 2.75) is 45.3 Å². The molecule has 3 rings (SSSR count). The quantitative estimate of drug-likeness (QED) is 0.817. The van der Waals surface area contributed by atoms with Gasteiger partial charge in [-0.3, -0.25) is 9.69 Å². The Morgan fingerprint density at radius 1 is 1.19 bits per heavy atom. The van der Waals surface area contributed by atoms with Crippen LogP contribution in [0.2, 0.25) is 0 Å². The third kappa shape index (κ3) is 4.74. The largest absolute Gasteiger partial charge is 0.358 e. The molecule has 2 saturated heterocycles. The minimum Gasteiger partial charge on any atom is -0.358 e. The SMILES string of the molecule is C[C@@H]1CC(C)(C)NC(=S)N1CC(=O)N1CCN(Cc2ccccc2)CC1. The fourth-order valence-corrected chi connectivity index (χ4v) is 4.45. The van der Waals surface area contributed by atoms with Gasteiger partial charge in [-0.25, -0.2) is 0 Å². The summed E-state index contributed by atoms with van der Waals surface area (Å²) in [4.78, 5) is 19.2. The number of amides is 1. The monoisotopic (exact) mass is 374 g/mol. The van der Waals surface area contributed by atoms with Gasteiger partial charge in [0.25, 0.3) is 0 Å². The van der Waals surface area contributed by atoms with Crippen molar-refractivity contribution in [1.82, 2.24) is 20.0 Å². The number of carbonyl (C=O) groups excluding carboxylic acids is 1. The molecule has 2 aliphatic rings. The van der Waals surface area contributed by atoms with Gasteiger partial charge in [-0.05, 0) is 45.0 Å². The number of carbonyl (C=O) groups is 1. The number of thiocarbonyl (C=S) groups is 1. The van der Waals surface area contributed by atoms with E-state index in [2.05, 4.69) is 55.3 Å². The zero-order chi connectivity index (χ0) is 18.7. The van der Waals surface area contributed by atoms with E-state index in [1.54, 1.807) is 0 Å². The lowest BCUT2D eigenvalue weighted by atomic mass is 9.93. The Bertz CT molecular complexity index is 640. The van der Waals surface area contributed by atoms with Crippen molar-refractivity contribution in [1.29, 1.82) is 0 Å². The summed E-state index contributed by atoms with van der Waals surface area (Å²) in [5, 5.41) is 4.06. The predicted octanol–water partition coefficient (Wildman–Crippen LogP) is 2.08. The highest BCUT2D eigenvalue weighted by molar-refractivity contribution is 7.80. The summed E-state index contributed by atoms with van der Waals surface area (Å²) < 4.78 is 0. The Balaban J connectivity index is 1.49. The molecule has 1 atom stereocenters. The van der Waals surface area contributed by atoms with Gasteiger partial charge in [0.2, 0.25) is 5.91 Å². The van der Waals surface area contributed by atoms with Crippen LogP contribution in [0, 0.1) is 0 Å². The number of benzene rings is 1. The topological polar surface area (TPSA) is 38.8 Å². The molecule has 2 heterocycles. The molecule has 0 saturated carbocycles. The first-order valence-corrected chi connectivity index (χ1v) is 9.88. The minimum absolute atomic E-state index is 0.000881. The molecule has 1 aromatic rings. The van der Waals surface area contributed by atoms with Crippen LogP contribution in [0.4, 0.5) is 0 Å². The van der Waals surface area contributed by atoms with Crippen LogP contribution >= 0.6 is 12.2 Å². The molecule has 0 unspecified atom stereocenters. The van der Waals surface area contributed by atoms with Crippen LogP contribution < -0.4 is 5.32 Å². The average molecular weight is 375 g/mol. The maximum absolute atomic E-state index is 12.8. The molecule has 1 aromatic carbocycles. The Hall–Kier alpha value is -1.66. The smallest absolute Gasteiger partial charge is 0.242 e. The van der Waals surface area contributed by atoms with Crippen LogP contribution in [0.1, 0.15) is 32.8 Å². The van der Waals surface area contributed by atoms with Gasteiger partial charge in [-0.2, -0.15) is 0 Å². The molecule has 5 nitrogen and oxygen atoms in total. The second-order valence-electron chi connectivity index (χ2n) is 8.14. The molecule has 1 amide bonds. The maximum Gasteiger partial charge on any atom is 0.242 e. The van der Waals surface area contributed by atoms with E-state index in [1.807, 2.05) is 15.9 Å². The van der Waals surface area contributed by atoms with Gasteiger partial charge < -0.3 is 15.1 Å². The first-order valence-electron chi connectivity index (χ1n) is 9.47. The molecule has 0 radical (unpaired) electrons. The third-order valence-electron chi connectivity index (χ3n) is 5.32. The lowest BCUT2D eigenvalue weighted by Gasteiger charge is -2.45. The highest BCUT2D eigenvalue weighted by Gasteiger charge is 2.35. The van der Waals surface area contributed by atoms with Gasteiger partial charge in [0.05, 0.1) is 6.54 Å². The Morgan fingerprint density at radius 3 is 2.46 bits per heavy atom.